The minimum atomic E-state index is -4.22. The van der Waals surface area contributed by atoms with Crippen LogP contribution in [0.2, 0.25) is 0 Å². The van der Waals surface area contributed by atoms with E-state index in [1.54, 1.807) is 27.7 Å². The first-order valence-corrected chi connectivity index (χ1v) is 44.4. The molecule has 24 heteroatoms. The summed E-state index contributed by atoms with van der Waals surface area (Å²) in [5.74, 6) is -40.8. The minimum absolute atomic E-state index is 0. The zero-order valence-corrected chi connectivity index (χ0v) is 79.8. The lowest BCUT2D eigenvalue weighted by molar-refractivity contribution is -0.130. The molecule has 0 aromatic heterocycles. The molecule has 12 heterocycles. The molecule has 0 aliphatic carbocycles. The van der Waals surface area contributed by atoms with Crippen molar-refractivity contribution < 1.29 is 201 Å². The van der Waals surface area contributed by atoms with Gasteiger partial charge in [0.1, 0.15) is 34.7 Å². The second-order valence-corrected chi connectivity index (χ2v) is 34.1. The highest BCUT2D eigenvalue weighted by Crippen LogP contribution is 2.51. The molecule has 15 atom stereocenters. The fraction of sp³-hybridized carbons (Fsp3) is 0.650. The summed E-state index contributed by atoms with van der Waals surface area (Å²) >= 11 is 0. The Morgan fingerprint density at radius 2 is 0.639 bits per heavy atom. The zero-order chi connectivity index (χ0) is 175. The van der Waals surface area contributed by atoms with Gasteiger partial charge in [-0.05, 0) is 251 Å². The van der Waals surface area contributed by atoms with Crippen molar-refractivity contribution in [2.75, 3.05) is 163 Å². The summed E-state index contributed by atoms with van der Waals surface area (Å²) in [4.78, 5) is 85.0. The molecule has 0 N–H and O–H groups in total. The van der Waals surface area contributed by atoms with Gasteiger partial charge in [0.25, 0.3) is 0 Å². The molecule has 0 spiro atoms. The van der Waals surface area contributed by atoms with E-state index in [1.807, 2.05) is 13.8 Å². The number of carbonyl (C=O) groups is 6. The van der Waals surface area contributed by atoms with Crippen molar-refractivity contribution in [3.8, 4) is 69.0 Å². The number of hydrogen-bond acceptors (Lipinski definition) is 24. The van der Waals surface area contributed by atoms with Crippen molar-refractivity contribution in [2.24, 2.45) is 70.9 Å². The summed E-state index contributed by atoms with van der Waals surface area (Å²) < 4.78 is 754. The molecular weight excluding hydrogens is 1810 g/mol. The summed E-state index contributed by atoms with van der Waals surface area (Å²) in [5.41, 5.74) is -5.30. The summed E-state index contributed by atoms with van der Waals surface area (Å²) in [5, 5.41) is 0. The second kappa shape index (κ2) is 53.5. The van der Waals surface area contributed by atoms with E-state index < -0.39 is 492 Å². The number of methoxy groups -OCH3 is 12. The van der Waals surface area contributed by atoms with Crippen molar-refractivity contribution in [2.45, 2.75) is 276 Å². The van der Waals surface area contributed by atoms with E-state index in [0.717, 1.165) is 50.2 Å². The van der Waals surface area contributed by atoms with Crippen LogP contribution in [0.15, 0.2) is 72.5 Å². The van der Waals surface area contributed by atoms with Crippen molar-refractivity contribution in [1.29, 1.82) is 0 Å². The molecule has 798 valence electrons. The molecule has 6 aromatic carbocycles. The molecule has 12 aliphatic heterocycles. The number of benzene rings is 6. The number of hydrogen-bond donors (Lipinski definition) is 0. The van der Waals surface area contributed by atoms with Crippen LogP contribution >= 0.6 is 0 Å². The van der Waals surface area contributed by atoms with Crippen molar-refractivity contribution in [1.82, 2.24) is 29.4 Å². The van der Waals surface area contributed by atoms with Crippen LogP contribution in [0.25, 0.3) is 0 Å². The Labute approximate surface area is 982 Å². The topological polar surface area (TPSA) is 233 Å². The maximum atomic E-state index is 13.9. The molecule has 15 unspecified atom stereocenters. The number of rotatable bonds is 27. The molecule has 24 nitrogen and oxygen atoms in total. The maximum absolute atomic E-state index is 13.9. The van der Waals surface area contributed by atoms with E-state index >= 15 is 0 Å². The highest BCUT2D eigenvalue weighted by molar-refractivity contribution is 5.86. The third-order valence-corrected chi connectivity index (χ3v) is 23.5. The van der Waals surface area contributed by atoms with Crippen LogP contribution in [0.5, 0.6) is 69.0 Å². The Morgan fingerprint density at radius 1 is 0.333 bits per heavy atom. The van der Waals surface area contributed by atoms with Gasteiger partial charge in [0.05, 0.1) is 130 Å². The van der Waals surface area contributed by atoms with E-state index in [0.29, 0.717) is 41.9 Å². The Hall–Kier alpha value is -9.30. The fourth-order valence-corrected chi connectivity index (χ4v) is 16.8. The third-order valence-electron chi connectivity index (χ3n) is 23.5. The first-order valence-electron chi connectivity index (χ1n) is 86.4. The van der Waals surface area contributed by atoms with Gasteiger partial charge >= 0.3 is 0 Å². The lowest BCUT2D eigenvalue weighted by Gasteiger charge is -2.43. The van der Waals surface area contributed by atoms with Crippen LogP contribution < -0.4 is 56.8 Å². The van der Waals surface area contributed by atoms with Gasteiger partial charge in [-0.25, -0.2) is 0 Å². The lowest BCUT2D eigenvalue weighted by atomic mass is 9.79. The summed E-state index contributed by atoms with van der Waals surface area (Å²) in [6.45, 7) is -20.6. The molecule has 6 aromatic rings. The molecule has 12 aliphatic rings. The quantitative estimate of drug-likeness (QED) is 0.0466. The Bertz CT molecular complexity index is 9460. The largest absolute Gasteiger partial charge is 0.493 e. The fourth-order valence-electron chi connectivity index (χ4n) is 16.8. The Morgan fingerprint density at radius 3 is 1.02 bits per heavy atom. The summed E-state index contributed by atoms with van der Waals surface area (Å²) in [7, 11) is -12.2. The number of carbonyl (C=O) groups excluding carboxylic acids is 6. The third kappa shape index (κ3) is 27.2. The number of ketones is 6. The van der Waals surface area contributed by atoms with Gasteiger partial charge in [-0.2, -0.15) is 0 Å². The standard InChI is InChI=1S/3C20H29NO3.3C19H27NO3.3CH4/c3*1-5-13(2)8-15-12-21-7-6-14-9-19(23-3)20(24-4)10-16(14)17(21)11-18(15)22;3*1-12(2)7-14-11-20-6-5-13-8-18(22-3)19(23-4)9-15(13)16(20)10-17(14)21;;;/h3*9-10,13,15,17H,5-8,11-12H2,1-4H3;3*8-9,12,14,16H,5-7,10-11H2,1-4H3;3*1H4/i2D3,4D3,5D2,8D2,9D,10D,11D2,12D2,13D,15D;2D3,4D3,5D2,6D2,7D2,8D2,9D,10D,13D,17D;2D3,4D3,5D2,8D2,9D,10D,12D2,13D;4D3,5D2,6D2,8D,9D,10D2,14D,16D;4D3,8D,9D,10D2,11D2,14D;4D3,5D2,6D2,8D,9D,16D;;;. The van der Waals surface area contributed by atoms with Crippen molar-refractivity contribution in [3.63, 3.8) is 0 Å². The van der Waals surface area contributed by atoms with Gasteiger partial charge in [0, 0.05) is 258 Å². The van der Waals surface area contributed by atoms with Crippen LogP contribution in [0.1, 0.15) is 419 Å². The normalized spacial score (nSPS) is 42.0. The monoisotopic (exact) mass is 2080 g/mol. The van der Waals surface area contributed by atoms with Gasteiger partial charge in [-0.1, -0.05) is 124 Å². The molecule has 6 fully saturated rings. The smallest absolute Gasteiger partial charge is 0.161 e. The van der Waals surface area contributed by atoms with Crippen LogP contribution in [-0.4, -0.2) is 227 Å². The molecule has 0 saturated carbocycles. The first-order chi connectivity index (χ1) is 100. The maximum Gasteiger partial charge on any atom is 0.161 e. The van der Waals surface area contributed by atoms with Gasteiger partial charge in [0.2, 0.25) is 0 Å². The Kier molecular flexibility index (Phi) is 17.3. The zero-order valence-electron chi connectivity index (χ0n) is 164. The highest BCUT2D eigenvalue weighted by atomic mass is 16.5. The van der Waals surface area contributed by atoms with E-state index in [-0.39, 0.29) is 149 Å². The molecule has 144 heavy (non-hydrogen) atoms. The van der Waals surface area contributed by atoms with Crippen LogP contribution in [-0.2, 0) is 67.1 Å². The highest BCUT2D eigenvalue weighted by Gasteiger charge is 2.47. The SMILES string of the molecule is C.C.C.[2H]c1c(OC([2H])([2H])[2H])c(OC)c([2H])c2c1C1([2H])CC(=O)C(C([2H])([2H])C([2H])(C([2H])([2H])[2H])C([2H])([2H])C)CN1C([2H])([2H])C2([2H])[2H].[2H]c1c(OC([2H])([2H])[2H])c(OC)c([2H])c2c1C1([2H])CC(=O)C(CC(C)C)CN1C([2H])([2H])C2([2H])[2H].[2H]c1c(OC)c(OC([2H])([2H])[2H])c([2H])c2c1C([2H])([2H])C([2H])([2H])N1CC([2H])(CC(C)C)C(=O)C([2H])([2H])C21[2H].[2H]c1c2c(c([2H])c(OC([2H])([2H])[2H])c1OC)C1CC(=O)C(C([2H])([2H])C([2H])(C([2H])([2H])[2H])C([2H])([2H])C)C([2H])([2H])N1CC2.[2H]c1c2c(c([2H])c(OC([2H])([2H])[2H])c1OC)C1N(CC2)C([2H])([2H])C([2H])(C([2H])([2H])C([2H])(C([2H])([2H])[2H])C([2H])([2H])C)C(=O)C1([2H])[2H].[2H]c1c2c(c([2H])c(OC([2H])([2H])[2H])c1OC)C1N(CC2)C([2H])([2H])C([2H])(CC(C)C)C(=O)C1([2H])[2H]. The van der Waals surface area contributed by atoms with Crippen molar-refractivity contribution >= 4 is 34.7 Å². The van der Waals surface area contributed by atoms with Gasteiger partial charge in [-0.15, -0.1) is 0 Å². The van der Waals surface area contributed by atoms with E-state index in [1.165, 1.54) is 7.11 Å². The van der Waals surface area contributed by atoms with E-state index in [4.69, 9.17) is 169 Å². The first kappa shape index (κ1) is 46.4. The van der Waals surface area contributed by atoms with E-state index in [2.05, 4.69) is 0 Å². The van der Waals surface area contributed by atoms with Gasteiger partial charge in [0.15, 0.2) is 69.0 Å². The molecular formula is C120H180N6O18. The molecule has 18 rings (SSSR count). The number of fused-ring (bicyclic) bond motifs is 18. The van der Waals surface area contributed by atoms with Crippen molar-refractivity contribution in [3.05, 3.63) is 139 Å². The molecule has 0 radical (unpaired) electrons. The predicted molar refractivity (Wildman–Crippen MR) is 575 cm³/mol. The number of piperidine rings is 6. The molecule has 6 saturated heterocycles. The summed E-state index contributed by atoms with van der Waals surface area (Å²) in [6, 6.07) is -21.9. The minimum Gasteiger partial charge on any atom is -0.493 e. The summed E-state index contributed by atoms with van der Waals surface area (Å²) in [6.07, 6.45) is -42.7. The van der Waals surface area contributed by atoms with E-state index in [9.17, 15) is 31.5 Å². The number of nitrogens with zero attached hydrogens (tertiary/aromatic N) is 6. The predicted octanol–water partition coefficient (Wildman–Crippen LogP) is 22.5. The average Bonchev–Trinajstić information content (AvgIpc) is 0.653. The van der Waals surface area contributed by atoms with Gasteiger partial charge < -0.3 is 56.8 Å². The Balaban J connectivity index is 0.000000269. The van der Waals surface area contributed by atoms with Crippen LogP contribution in [0.4, 0.5) is 0 Å². The number of Topliss-reactive ketones (excluding diaryl/α,β-unsaturated/α-hetero) is 6. The molecule has 0 amide bonds. The number of ether oxygens (including phenoxy) is 12. The average molecular weight is 2080 g/mol. The second-order valence-electron chi connectivity index (χ2n) is 34.1. The van der Waals surface area contributed by atoms with Crippen LogP contribution in [0, 0.1) is 70.9 Å². The van der Waals surface area contributed by atoms with Crippen LogP contribution in [0.3, 0.4) is 0 Å². The lowest BCUT2D eigenvalue weighted by Crippen LogP contribution is -2.46. The molecule has 0 bridgehead atoms. The van der Waals surface area contributed by atoms with Gasteiger partial charge in [-0.3, -0.25) is 58.2 Å².